The molecule has 9 N–H and O–H groups in total. The number of rotatable bonds is 2. The van der Waals surface area contributed by atoms with E-state index in [1.807, 2.05) is 45.1 Å². The Hall–Kier alpha value is -2.71. The van der Waals surface area contributed by atoms with Gasteiger partial charge in [0.2, 0.25) is 0 Å². The third kappa shape index (κ3) is 21.7. The summed E-state index contributed by atoms with van der Waals surface area (Å²) in [6.07, 6.45) is 14.3. The van der Waals surface area contributed by atoms with Crippen molar-refractivity contribution in [1.82, 2.24) is 0 Å². The fourth-order valence-corrected chi connectivity index (χ4v) is 5.97. The summed E-state index contributed by atoms with van der Waals surface area (Å²) in [6, 6.07) is 0. The van der Waals surface area contributed by atoms with E-state index >= 15 is 0 Å². The fraction of sp³-hybridized carbons (Fsp3) is 0.634. The molecule has 0 unspecified atom stereocenters. The summed E-state index contributed by atoms with van der Waals surface area (Å²) in [7, 11) is 0. The molecule has 0 aromatic heterocycles. The second-order valence-corrected chi connectivity index (χ2v) is 14.2. The molecule has 0 spiro atoms. The van der Waals surface area contributed by atoms with Gasteiger partial charge in [-0.25, -0.2) is 4.79 Å². The number of carbonyl (C=O) groups excluding carboxylic acids is 1. The van der Waals surface area contributed by atoms with Crippen molar-refractivity contribution >= 4 is 5.97 Å². The summed E-state index contributed by atoms with van der Waals surface area (Å²) >= 11 is 0. The zero-order valence-corrected chi connectivity index (χ0v) is 31.3. The Morgan fingerprint density at radius 2 is 1.02 bits per heavy atom. The molecule has 0 amide bonds. The standard InChI is InChI=1S/C41H66O11/c1-5-28(2)41-29(3)19-20-31(42)21-32(43)22-33(44)23-34(45)24-35(46)25-36(47)26-37(48)27-39(50)30(4)38(49)17-15-13-11-9-7-6-8-10-12-14-16-18-40(51)52-41/h6-16,18-20,28-39,41-50H,5,17,21-27H2,1-4H3/b7-6+,10-8+,11-9+,14-12+,15-13+,18-16+,20-19?/t28-,29-,30-,31-,32-,33-,34+,35-,36+,37+,38-,39+,41-/m0/s1. The van der Waals surface area contributed by atoms with Crippen molar-refractivity contribution in [2.45, 2.75) is 147 Å². The Morgan fingerprint density at radius 3 is 1.50 bits per heavy atom. The summed E-state index contributed by atoms with van der Waals surface area (Å²) < 4.78 is 5.76. The van der Waals surface area contributed by atoms with Gasteiger partial charge >= 0.3 is 5.97 Å². The first kappa shape index (κ1) is 47.3. The Morgan fingerprint density at radius 1 is 0.596 bits per heavy atom. The highest BCUT2D eigenvalue weighted by molar-refractivity contribution is 5.82. The van der Waals surface area contributed by atoms with Crippen molar-refractivity contribution in [3.05, 3.63) is 85.1 Å². The molecular formula is C41H66O11. The van der Waals surface area contributed by atoms with E-state index in [1.54, 1.807) is 55.5 Å². The first-order valence-electron chi connectivity index (χ1n) is 18.6. The summed E-state index contributed by atoms with van der Waals surface area (Å²) in [5.74, 6) is -1.24. The number of esters is 1. The van der Waals surface area contributed by atoms with Crippen LogP contribution in [-0.4, -0.2) is 113 Å². The van der Waals surface area contributed by atoms with Gasteiger partial charge in [-0.3, -0.25) is 0 Å². The van der Waals surface area contributed by atoms with Crippen molar-refractivity contribution in [2.75, 3.05) is 0 Å². The van der Waals surface area contributed by atoms with Crippen LogP contribution in [0.1, 0.15) is 85.5 Å². The molecule has 0 aliphatic carbocycles. The van der Waals surface area contributed by atoms with Crippen molar-refractivity contribution in [3.63, 3.8) is 0 Å². The van der Waals surface area contributed by atoms with Crippen LogP contribution >= 0.6 is 0 Å². The SMILES string of the molecule is CC[C@H](C)[C@@H]1OC(=O)/C=C/C=C/C=C/C=C/C=C/C=C/C[C@H](O)[C@H](C)[C@H](O)C[C@H](O)C[C@H](O)C[C@@H](O)C[C@H](O)C[C@@H](O)C[C@@H](O)C[C@@H](O)C=C[C@@H]1C. The van der Waals surface area contributed by atoms with Gasteiger partial charge in [0, 0.05) is 24.3 Å². The number of aliphatic hydroxyl groups is 9. The molecular weight excluding hydrogens is 668 g/mol. The average molecular weight is 735 g/mol. The minimum absolute atomic E-state index is 0.0413. The smallest absolute Gasteiger partial charge is 0.331 e. The molecule has 1 aliphatic heterocycles. The van der Waals surface area contributed by atoms with Gasteiger partial charge in [-0.05, 0) is 50.9 Å². The van der Waals surface area contributed by atoms with Gasteiger partial charge in [-0.2, -0.15) is 0 Å². The van der Waals surface area contributed by atoms with Crippen LogP contribution in [0.3, 0.4) is 0 Å². The molecule has 11 heteroatoms. The van der Waals surface area contributed by atoms with E-state index in [9.17, 15) is 50.8 Å². The lowest BCUT2D eigenvalue weighted by Gasteiger charge is -2.27. The monoisotopic (exact) mass is 734 g/mol. The first-order chi connectivity index (χ1) is 24.6. The van der Waals surface area contributed by atoms with Crippen molar-refractivity contribution < 1.29 is 55.5 Å². The molecule has 296 valence electrons. The molecule has 1 aliphatic rings. The third-order valence-electron chi connectivity index (χ3n) is 9.32. The highest BCUT2D eigenvalue weighted by atomic mass is 16.5. The minimum Gasteiger partial charge on any atom is -0.458 e. The zero-order valence-electron chi connectivity index (χ0n) is 31.3. The van der Waals surface area contributed by atoms with Crippen LogP contribution in [0.2, 0.25) is 0 Å². The molecule has 13 atom stereocenters. The Balaban J connectivity index is 3.01. The first-order valence-corrected chi connectivity index (χ1v) is 18.6. The van der Waals surface area contributed by atoms with E-state index in [4.69, 9.17) is 4.74 Å². The average Bonchev–Trinajstić information content (AvgIpc) is 3.06. The number of hydrogen-bond acceptors (Lipinski definition) is 11. The Bertz CT molecular complexity index is 1180. The molecule has 0 aromatic rings. The molecule has 0 saturated heterocycles. The van der Waals surface area contributed by atoms with Crippen LogP contribution in [0.25, 0.3) is 0 Å². The van der Waals surface area contributed by atoms with E-state index in [1.165, 1.54) is 12.2 Å². The highest BCUT2D eigenvalue weighted by Crippen LogP contribution is 2.23. The van der Waals surface area contributed by atoms with E-state index < -0.39 is 72.9 Å². The second kappa shape index (κ2) is 27.0. The van der Waals surface area contributed by atoms with Crippen molar-refractivity contribution in [3.8, 4) is 0 Å². The number of hydrogen-bond donors (Lipinski definition) is 9. The van der Waals surface area contributed by atoms with Gasteiger partial charge in [0.1, 0.15) is 6.10 Å². The highest BCUT2D eigenvalue weighted by Gasteiger charge is 2.27. The van der Waals surface area contributed by atoms with Gasteiger partial charge in [0.25, 0.3) is 0 Å². The fourth-order valence-electron chi connectivity index (χ4n) is 5.97. The van der Waals surface area contributed by atoms with Crippen LogP contribution in [0.15, 0.2) is 85.1 Å². The zero-order chi connectivity index (χ0) is 39.1. The predicted octanol–water partition coefficient (Wildman–Crippen LogP) is 3.49. The normalized spacial score (nSPS) is 39.7. The maximum absolute atomic E-state index is 12.6. The van der Waals surface area contributed by atoms with Gasteiger partial charge < -0.3 is 50.7 Å². The summed E-state index contributed by atoms with van der Waals surface area (Å²) in [5, 5.41) is 94.1. The lowest BCUT2D eigenvalue weighted by molar-refractivity contribution is -0.147. The maximum atomic E-state index is 12.6. The minimum atomic E-state index is -1.13. The largest absolute Gasteiger partial charge is 0.458 e. The van der Waals surface area contributed by atoms with E-state index in [0.717, 1.165) is 6.42 Å². The van der Waals surface area contributed by atoms with Crippen LogP contribution in [0.4, 0.5) is 0 Å². The third-order valence-corrected chi connectivity index (χ3v) is 9.32. The summed E-state index contributed by atoms with van der Waals surface area (Å²) in [6.45, 7) is 7.53. The van der Waals surface area contributed by atoms with Crippen LogP contribution in [0.5, 0.6) is 0 Å². The summed E-state index contributed by atoms with van der Waals surface area (Å²) in [5.41, 5.74) is 0. The molecule has 0 saturated carbocycles. The van der Waals surface area contributed by atoms with Gasteiger partial charge in [0.05, 0.1) is 54.9 Å². The van der Waals surface area contributed by atoms with E-state index in [0.29, 0.717) is 0 Å². The summed E-state index contributed by atoms with van der Waals surface area (Å²) in [4.78, 5) is 12.6. The van der Waals surface area contributed by atoms with Crippen molar-refractivity contribution in [1.29, 1.82) is 0 Å². The molecule has 0 radical (unpaired) electrons. The lowest BCUT2D eigenvalue weighted by Crippen LogP contribution is -2.34. The molecule has 0 fully saturated rings. The molecule has 1 heterocycles. The van der Waals surface area contributed by atoms with Gasteiger partial charge in [-0.1, -0.05) is 113 Å². The van der Waals surface area contributed by atoms with E-state index in [-0.39, 0.29) is 63.2 Å². The quantitative estimate of drug-likeness (QED) is 0.148. The lowest BCUT2D eigenvalue weighted by atomic mass is 9.90. The molecule has 0 aromatic carbocycles. The van der Waals surface area contributed by atoms with Crippen molar-refractivity contribution in [2.24, 2.45) is 17.8 Å². The van der Waals surface area contributed by atoms with Crippen LogP contribution < -0.4 is 0 Å². The van der Waals surface area contributed by atoms with Gasteiger partial charge in [-0.15, -0.1) is 0 Å². The molecule has 1 rings (SSSR count). The Labute approximate surface area is 310 Å². The number of carbonyl (C=O) groups is 1. The van der Waals surface area contributed by atoms with Crippen LogP contribution in [-0.2, 0) is 9.53 Å². The second-order valence-electron chi connectivity index (χ2n) is 14.2. The van der Waals surface area contributed by atoms with E-state index in [2.05, 4.69) is 0 Å². The van der Waals surface area contributed by atoms with Gasteiger partial charge in [0.15, 0.2) is 0 Å². The topological polar surface area (TPSA) is 208 Å². The number of ether oxygens (including phenoxy) is 1. The number of allylic oxidation sites excluding steroid dienone is 10. The Kier molecular flexibility index (Phi) is 24.5. The maximum Gasteiger partial charge on any atom is 0.331 e. The number of cyclic esters (lactones) is 1. The predicted molar refractivity (Wildman–Crippen MR) is 203 cm³/mol. The van der Waals surface area contributed by atoms with Crippen LogP contribution in [0, 0.1) is 17.8 Å². The number of aliphatic hydroxyl groups excluding tert-OH is 9. The molecule has 11 nitrogen and oxygen atoms in total. The molecule has 52 heavy (non-hydrogen) atoms. The molecule has 0 bridgehead atoms.